The molecule has 15 heavy (non-hydrogen) atoms. The zero-order chi connectivity index (χ0) is 10.8. The third-order valence-electron chi connectivity index (χ3n) is 3.14. The number of aliphatic hydroxyl groups excluding tert-OH is 1. The van der Waals surface area contributed by atoms with Crippen LogP contribution in [0.5, 0.6) is 0 Å². The van der Waals surface area contributed by atoms with Crippen LogP contribution in [0.3, 0.4) is 0 Å². The Bertz CT molecular complexity index is 348. The van der Waals surface area contributed by atoms with E-state index in [-0.39, 0.29) is 12.6 Å². The molecule has 2 N–H and O–H groups in total. The molecular weight excluding hydrogens is 186 g/mol. The van der Waals surface area contributed by atoms with Crippen molar-refractivity contribution in [2.45, 2.75) is 38.8 Å². The third kappa shape index (κ3) is 2.21. The summed E-state index contributed by atoms with van der Waals surface area (Å²) in [6.07, 6.45) is 2.32. The second-order valence-electron chi connectivity index (χ2n) is 4.54. The average molecular weight is 205 g/mol. The Hall–Kier alpha value is -0.860. The number of nitrogens with one attached hydrogen (secondary N) is 1. The van der Waals surface area contributed by atoms with Crippen LogP contribution in [0.2, 0.25) is 0 Å². The molecule has 0 aliphatic heterocycles. The van der Waals surface area contributed by atoms with Crippen LogP contribution in [0.25, 0.3) is 0 Å². The van der Waals surface area contributed by atoms with E-state index in [2.05, 4.69) is 30.4 Å². The Morgan fingerprint density at radius 2 is 2.33 bits per heavy atom. The Morgan fingerprint density at radius 1 is 1.53 bits per heavy atom. The number of benzene rings is 1. The fraction of sp³-hybridized carbons (Fsp3) is 0.538. The highest BCUT2D eigenvalue weighted by Crippen LogP contribution is 2.31. The molecule has 1 aromatic carbocycles. The molecule has 0 heterocycles. The summed E-state index contributed by atoms with van der Waals surface area (Å²) in [5.74, 6) is 0. The van der Waals surface area contributed by atoms with Crippen molar-refractivity contribution in [1.82, 2.24) is 5.32 Å². The monoisotopic (exact) mass is 205 g/mol. The van der Waals surface area contributed by atoms with Gasteiger partial charge in [-0.25, -0.2) is 0 Å². The maximum atomic E-state index is 9.02. The van der Waals surface area contributed by atoms with Gasteiger partial charge >= 0.3 is 0 Å². The van der Waals surface area contributed by atoms with Gasteiger partial charge in [0.25, 0.3) is 0 Å². The van der Waals surface area contributed by atoms with E-state index >= 15 is 0 Å². The van der Waals surface area contributed by atoms with Crippen LogP contribution < -0.4 is 5.32 Å². The molecule has 0 fully saturated rings. The van der Waals surface area contributed by atoms with E-state index < -0.39 is 0 Å². The van der Waals surface area contributed by atoms with Crippen LogP contribution in [0.1, 0.15) is 36.1 Å². The van der Waals surface area contributed by atoms with Crippen molar-refractivity contribution in [2.24, 2.45) is 0 Å². The zero-order valence-corrected chi connectivity index (χ0v) is 9.46. The first-order chi connectivity index (χ1) is 7.20. The van der Waals surface area contributed by atoms with Crippen molar-refractivity contribution < 1.29 is 5.11 Å². The zero-order valence-electron chi connectivity index (χ0n) is 9.46. The molecule has 0 saturated carbocycles. The van der Waals surface area contributed by atoms with Gasteiger partial charge in [-0.15, -0.1) is 0 Å². The topological polar surface area (TPSA) is 32.3 Å². The smallest absolute Gasteiger partial charge is 0.0582 e. The molecule has 0 radical (unpaired) electrons. The van der Waals surface area contributed by atoms with Crippen molar-refractivity contribution in [3.05, 3.63) is 34.9 Å². The molecule has 2 atom stereocenters. The van der Waals surface area contributed by atoms with Crippen LogP contribution in [0, 0.1) is 6.92 Å². The van der Waals surface area contributed by atoms with Gasteiger partial charge < -0.3 is 10.4 Å². The Balaban J connectivity index is 2.14. The van der Waals surface area contributed by atoms with Gasteiger partial charge in [-0.1, -0.05) is 23.8 Å². The van der Waals surface area contributed by atoms with Gasteiger partial charge in [0.1, 0.15) is 0 Å². The number of hydrogen-bond donors (Lipinski definition) is 2. The molecule has 2 heteroatoms. The van der Waals surface area contributed by atoms with E-state index in [0.29, 0.717) is 6.04 Å². The fourth-order valence-electron chi connectivity index (χ4n) is 2.32. The first kappa shape index (κ1) is 10.7. The van der Waals surface area contributed by atoms with Crippen LogP contribution >= 0.6 is 0 Å². The minimum absolute atomic E-state index is 0.183. The van der Waals surface area contributed by atoms with Crippen LogP contribution in [-0.4, -0.2) is 17.8 Å². The summed E-state index contributed by atoms with van der Waals surface area (Å²) in [6, 6.07) is 7.28. The first-order valence-corrected chi connectivity index (χ1v) is 5.67. The Kier molecular flexibility index (Phi) is 3.08. The van der Waals surface area contributed by atoms with Gasteiger partial charge in [0, 0.05) is 12.1 Å². The normalized spacial score (nSPS) is 21.4. The molecule has 1 aromatic rings. The fourth-order valence-corrected chi connectivity index (χ4v) is 2.32. The Labute approximate surface area is 91.3 Å². The molecule has 1 aliphatic rings. The van der Waals surface area contributed by atoms with E-state index in [1.807, 2.05) is 6.92 Å². The molecular formula is C13H19NO. The lowest BCUT2D eigenvalue weighted by Crippen LogP contribution is -2.32. The molecule has 0 spiro atoms. The molecule has 0 aromatic heterocycles. The van der Waals surface area contributed by atoms with Crippen molar-refractivity contribution in [3.63, 3.8) is 0 Å². The maximum Gasteiger partial charge on any atom is 0.0582 e. The second kappa shape index (κ2) is 4.33. The van der Waals surface area contributed by atoms with Crippen LogP contribution in [0.4, 0.5) is 0 Å². The van der Waals surface area contributed by atoms with E-state index in [1.165, 1.54) is 16.7 Å². The number of hydrogen-bond acceptors (Lipinski definition) is 2. The largest absolute Gasteiger partial charge is 0.395 e. The van der Waals surface area contributed by atoms with Gasteiger partial charge in [0.2, 0.25) is 0 Å². The maximum absolute atomic E-state index is 9.02. The van der Waals surface area contributed by atoms with Crippen molar-refractivity contribution >= 4 is 0 Å². The molecule has 1 unspecified atom stereocenters. The van der Waals surface area contributed by atoms with Gasteiger partial charge in [-0.3, -0.25) is 0 Å². The summed E-state index contributed by atoms with van der Waals surface area (Å²) >= 11 is 0. The standard InChI is InChI=1S/C13H19NO/c1-9-3-5-12-11(7-9)4-6-13(12)14-10(2)8-15/h3,5,7,10,13-15H,4,6,8H2,1-2H3/t10-,13?/m0/s1. The lowest BCUT2D eigenvalue weighted by atomic mass is 10.1. The lowest BCUT2D eigenvalue weighted by molar-refractivity contribution is 0.240. The summed E-state index contributed by atoms with van der Waals surface area (Å²) in [6.45, 7) is 4.36. The van der Waals surface area contributed by atoms with Crippen LogP contribution in [0.15, 0.2) is 18.2 Å². The Morgan fingerprint density at radius 3 is 3.07 bits per heavy atom. The first-order valence-electron chi connectivity index (χ1n) is 5.67. The number of rotatable bonds is 3. The van der Waals surface area contributed by atoms with Gasteiger partial charge in [0.05, 0.1) is 6.61 Å². The highest BCUT2D eigenvalue weighted by Gasteiger charge is 2.22. The molecule has 2 rings (SSSR count). The molecule has 2 nitrogen and oxygen atoms in total. The predicted molar refractivity (Wildman–Crippen MR) is 61.9 cm³/mol. The summed E-state index contributed by atoms with van der Waals surface area (Å²) in [5.41, 5.74) is 4.23. The summed E-state index contributed by atoms with van der Waals surface area (Å²) in [5, 5.41) is 12.5. The van der Waals surface area contributed by atoms with Gasteiger partial charge in [-0.2, -0.15) is 0 Å². The lowest BCUT2D eigenvalue weighted by Gasteiger charge is -2.18. The average Bonchev–Trinajstić information content (AvgIpc) is 2.60. The summed E-state index contributed by atoms with van der Waals surface area (Å²) in [4.78, 5) is 0. The van der Waals surface area contributed by atoms with Crippen LogP contribution in [-0.2, 0) is 6.42 Å². The van der Waals surface area contributed by atoms with Gasteiger partial charge in [-0.05, 0) is 37.8 Å². The number of aryl methyl sites for hydroxylation is 2. The molecule has 1 aliphatic carbocycles. The van der Waals surface area contributed by atoms with E-state index in [9.17, 15) is 0 Å². The quantitative estimate of drug-likeness (QED) is 0.790. The highest BCUT2D eigenvalue weighted by molar-refractivity contribution is 5.37. The second-order valence-corrected chi connectivity index (χ2v) is 4.54. The highest BCUT2D eigenvalue weighted by atomic mass is 16.3. The minimum Gasteiger partial charge on any atom is -0.395 e. The molecule has 0 bridgehead atoms. The van der Waals surface area contributed by atoms with E-state index in [0.717, 1.165) is 12.8 Å². The SMILES string of the molecule is Cc1ccc2c(c1)CCC2N[C@@H](C)CO. The summed E-state index contributed by atoms with van der Waals surface area (Å²) < 4.78 is 0. The summed E-state index contributed by atoms with van der Waals surface area (Å²) in [7, 11) is 0. The molecule has 0 saturated heterocycles. The predicted octanol–water partition coefficient (Wildman–Crippen LogP) is 1.95. The van der Waals surface area contributed by atoms with E-state index in [1.54, 1.807) is 0 Å². The van der Waals surface area contributed by atoms with Crippen molar-refractivity contribution in [3.8, 4) is 0 Å². The molecule has 82 valence electrons. The van der Waals surface area contributed by atoms with Gasteiger partial charge in [0.15, 0.2) is 0 Å². The minimum atomic E-state index is 0.183. The van der Waals surface area contributed by atoms with Crippen molar-refractivity contribution in [2.75, 3.05) is 6.61 Å². The number of fused-ring (bicyclic) bond motifs is 1. The van der Waals surface area contributed by atoms with Crippen molar-refractivity contribution in [1.29, 1.82) is 0 Å². The molecule has 0 amide bonds. The number of aliphatic hydroxyl groups is 1. The third-order valence-corrected chi connectivity index (χ3v) is 3.14. The van der Waals surface area contributed by atoms with E-state index in [4.69, 9.17) is 5.11 Å².